The topological polar surface area (TPSA) is 43.0 Å². The number of nitrogens with zero attached hydrogens (tertiary/aromatic N) is 2. The van der Waals surface area contributed by atoms with Gasteiger partial charge in [0.1, 0.15) is 11.6 Å². The molecule has 0 aliphatic rings. The van der Waals surface area contributed by atoms with E-state index in [2.05, 4.69) is 41.0 Å². The minimum atomic E-state index is 0.266. The lowest BCUT2D eigenvalue weighted by atomic mass is 10.0. The van der Waals surface area contributed by atoms with Crippen LogP contribution in [-0.2, 0) is 13.0 Å². The second kappa shape index (κ2) is 6.57. The van der Waals surface area contributed by atoms with Crippen molar-refractivity contribution in [2.24, 2.45) is 0 Å². The summed E-state index contributed by atoms with van der Waals surface area (Å²) < 4.78 is 7.66. The van der Waals surface area contributed by atoms with Gasteiger partial charge in [0.05, 0.1) is 6.26 Å². The predicted octanol–water partition coefficient (Wildman–Crippen LogP) is 3.09. The van der Waals surface area contributed by atoms with Gasteiger partial charge in [-0.25, -0.2) is 4.98 Å². The molecule has 0 fully saturated rings. The van der Waals surface area contributed by atoms with Crippen LogP contribution in [0.15, 0.2) is 29.1 Å². The van der Waals surface area contributed by atoms with Crippen molar-refractivity contribution < 1.29 is 4.42 Å². The number of aryl methyl sites for hydroxylation is 2. The molecule has 2 heterocycles. The Kier molecular flexibility index (Phi) is 4.80. The molecule has 0 aliphatic heterocycles. The molecule has 1 unspecified atom stereocenters. The number of rotatable bonds is 7. The first-order valence-electron chi connectivity index (χ1n) is 7.03. The van der Waals surface area contributed by atoms with Gasteiger partial charge in [-0.1, -0.05) is 13.8 Å². The van der Waals surface area contributed by atoms with Crippen LogP contribution in [0.2, 0.25) is 0 Å². The monoisotopic (exact) mass is 261 g/mol. The van der Waals surface area contributed by atoms with Crippen LogP contribution in [0, 0.1) is 6.92 Å². The van der Waals surface area contributed by atoms with Gasteiger partial charge in [0.2, 0.25) is 0 Å². The fraction of sp³-hybridized carbons (Fsp3) is 0.533. The molecule has 2 aromatic rings. The molecule has 0 saturated heterocycles. The minimum Gasteiger partial charge on any atom is -0.469 e. The summed E-state index contributed by atoms with van der Waals surface area (Å²) in [5.74, 6) is 2.12. The Bertz CT molecular complexity index is 501. The van der Waals surface area contributed by atoms with E-state index in [1.165, 1.54) is 5.56 Å². The van der Waals surface area contributed by atoms with Crippen LogP contribution in [-0.4, -0.2) is 16.1 Å². The highest BCUT2D eigenvalue weighted by atomic mass is 16.3. The van der Waals surface area contributed by atoms with Gasteiger partial charge in [0.25, 0.3) is 0 Å². The van der Waals surface area contributed by atoms with Crippen molar-refractivity contribution in [3.8, 4) is 0 Å². The Labute approximate surface area is 114 Å². The highest BCUT2D eigenvalue weighted by molar-refractivity contribution is 5.21. The predicted molar refractivity (Wildman–Crippen MR) is 76.1 cm³/mol. The van der Waals surface area contributed by atoms with Crippen molar-refractivity contribution in [2.45, 2.75) is 46.2 Å². The first-order chi connectivity index (χ1) is 9.26. The summed E-state index contributed by atoms with van der Waals surface area (Å²) in [4.78, 5) is 4.49. The Morgan fingerprint density at radius 3 is 2.89 bits per heavy atom. The van der Waals surface area contributed by atoms with Crippen LogP contribution in [0.3, 0.4) is 0 Å². The molecule has 1 atom stereocenters. The van der Waals surface area contributed by atoms with Crippen molar-refractivity contribution in [2.75, 3.05) is 6.54 Å². The van der Waals surface area contributed by atoms with Gasteiger partial charge in [-0.15, -0.1) is 0 Å². The van der Waals surface area contributed by atoms with E-state index < -0.39 is 0 Å². The number of hydrogen-bond donors (Lipinski definition) is 1. The molecule has 0 radical (unpaired) electrons. The highest BCUT2D eigenvalue weighted by Gasteiger charge is 2.17. The van der Waals surface area contributed by atoms with E-state index in [0.717, 1.165) is 37.5 Å². The second-order valence-corrected chi connectivity index (χ2v) is 4.78. The lowest BCUT2D eigenvalue weighted by molar-refractivity contribution is 0.488. The van der Waals surface area contributed by atoms with Gasteiger partial charge in [0, 0.05) is 37.0 Å². The van der Waals surface area contributed by atoms with Gasteiger partial charge in [-0.05, 0) is 26.0 Å². The quantitative estimate of drug-likeness (QED) is 0.833. The SMILES string of the molecule is CCCn1ccnc1CC(NCC)c1ccoc1C. The molecule has 0 aromatic carbocycles. The summed E-state index contributed by atoms with van der Waals surface area (Å²) >= 11 is 0. The first-order valence-corrected chi connectivity index (χ1v) is 7.03. The molecule has 4 nitrogen and oxygen atoms in total. The van der Waals surface area contributed by atoms with Crippen LogP contribution in [0.4, 0.5) is 0 Å². The van der Waals surface area contributed by atoms with Crippen LogP contribution >= 0.6 is 0 Å². The average Bonchev–Trinajstić information content (AvgIpc) is 2.99. The molecule has 19 heavy (non-hydrogen) atoms. The fourth-order valence-electron chi connectivity index (χ4n) is 2.45. The molecule has 0 spiro atoms. The number of likely N-dealkylation sites (N-methyl/N-ethyl adjacent to an activating group) is 1. The molecule has 1 N–H and O–H groups in total. The lowest BCUT2D eigenvalue weighted by Gasteiger charge is -2.18. The third-order valence-corrected chi connectivity index (χ3v) is 3.38. The molecule has 104 valence electrons. The zero-order valence-corrected chi connectivity index (χ0v) is 12.0. The molecular formula is C15H23N3O. The highest BCUT2D eigenvalue weighted by Crippen LogP contribution is 2.22. The van der Waals surface area contributed by atoms with E-state index in [1.807, 2.05) is 13.1 Å². The van der Waals surface area contributed by atoms with Crippen LogP contribution in [0.25, 0.3) is 0 Å². The van der Waals surface area contributed by atoms with Crippen molar-refractivity contribution in [3.05, 3.63) is 41.9 Å². The standard InChI is InChI=1S/C15H23N3O/c1-4-8-18-9-7-17-15(18)11-14(16-5-2)13-6-10-19-12(13)3/h6-7,9-10,14,16H,4-5,8,11H2,1-3H3. The minimum absolute atomic E-state index is 0.266. The van der Waals surface area contributed by atoms with Gasteiger partial charge in [0.15, 0.2) is 0 Å². The zero-order valence-electron chi connectivity index (χ0n) is 12.0. The molecule has 4 heteroatoms. The summed E-state index contributed by atoms with van der Waals surface area (Å²) in [6, 6.07) is 2.32. The fourth-order valence-corrected chi connectivity index (χ4v) is 2.45. The average molecular weight is 261 g/mol. The Hall–Kier alpha value is -1.55. The maximum absolute atomic E-state index is 5.42. The summed E-state index contributed by atoms with van der Waals surface area (Å²) in [6.07, 6.45) is 7.72. The summed E-state index contributed by atoms with van der Waals surface area (Å²) in [5.41, 5.74) is 1.23. The number of imidazole rings is 1. The largest absolute Gasteiger partial charge is 0.469 e. The molecule has 2 rings (SSSR count). The maximum atomic E-state index is 5.42. The summed E-state index contributed by atoms with van der Waals surface area (Å²) in [5, 5.41) is 3.52. The first kappa shape index (κ1) is 13.9. The number of hydrogen-bond acceptors (Lipinski definition) is 3. The molecule has 0 saturated carbocycles. The van der Waals surface area contributed by atoms with Crippen molar-refractivity contribution in [1.29, 1.82) is 0 Å². The van der Waals surface area contributed by atoms with E-state index in [-0.39, 0.29) is 6.04 Å². The van der Waals surface area contributed by atoms with Crippen molar-refractivity contribution in [3.63, 3.8) is 0 Å². The lowest BCUT2D eigenvalue weighted by Crippen LogP contribution is -2.24. The van der Waals surface area contributed by atoms with E-state index in [9.17, 15) is 0 Å². The van der Waals surface area contributed by atoms with Crippen molar-refractivity contribution >= 4 is 0 Å². The third kappa shape index (κ3) is 3.26. The van der Waals surface area contributed by atoms with Crippen LogP contribution in [0.1, 0.15) is 43.5 Å². The second-order valence-electron chi connectivity index (χ2n) is 4.78. The smallest absolute Gasteiger partial charge is 0.110 e. The van der Waals surface area contributed by atoms with Crippen LogP contribution in [0.5, 0.6) is 0 Å². The normalized spacial score (nSPS) is 12.8. The molecule has 2 aromatic heterocycles. The Morgan fingerprint density at radius 2 is 2.26 bits per heavy atom. The molecule has 0 aliphatic carbocycles. The van der Waals surface area contributed by atoms with E-state index >= 15 is 0 Å². The Morgan fingerprint density at radius 1 is 1.42 bits per heavy atom. The van der Waals surface area contributed by atoms with Gasteiger partial charge in [-0.3, -0.25) is 0 Å². The molecule has 0 amide bonds. The van der Waals surface area contributed by atoms with E-state index in [4.69, 9.17) is 4.42 Å². The van der Waals surface area contributed by atoms with Gasteiger partial charge >= 0.3 is 0 Å². The Balaban J connectivity index is 2.17. The third-order valence-electron chi connectivity index (χ3n) is 3.38. The zero-order chi connectivity index (χ0) is 13.7. The summed E-state index contributed by atoms with van der Waals surface area (Å²) in [7, 11) is 0. The van der Waals surface area contributed by atoms with E-state index in [1.54, 1.807) is 6.26 Å². The van der Waals surface area contributed by atoms with Crippen molar-refractivity contribution in [1.82, 2.24) is 14.9 Å². The molecule has 0 bridgehead atoms. The number of nitrogens with one attached hydrogen (secondary N) is 1. The van der Waals surface area contributed by atoms with E-state index in [0.29, 0.717) is 0 Å². The van der Waals surface area contributed by atoms with Crippen LogP contribution < -0.4 is 5.32 Å². The van der Waals surface area contributed by atoms with Gasteiger partial charge < -0.3 is 14.3 Å². The maximum Gasteiger partial charge on any atom is 0.110 e. The number of aromatic nitrogens is 2. The van der Waals surface area contributed by atoms with Gasteiger partial charge in [-0.2, -0.15) is 0 Å². The molecular weight excluding hydrogens is 238 g/mol. The summed E-state index contributed by atoms with van der Waals surface area (Å²) in [6.45, 7) is 8.28. The number of furan rings is 1.